The smallest absolute Gasteiger partial charge is 0.424 e. The molecule has 0 unspecified atom stereocenters. The van der Waals surface area contributed by atoms with Crippen molar-refractivity contribution in [1.29, 1.82) is 0 Å². The molecule has 0 bridgehead atoms. The molecule has 4 rings (SSSR count). The number of hydrogen-bond acceptors (Lipinski definition) is 6. The summed E-state index contributed by atoms with van der Waals surface area (Å²) < 4.78 is 55.0. The van der Waals surface area contributed by atoms with Crippen molar-refractivity contribution >= 4 is 105 Å². The van der Waals surface area contributed by atoms with Crippen LogP contribution in [0.15, 0.2) is 36.4 Å². The maximum absolute atomic E-state index is 16.0. The summed E-state index contributed by atoms with van der Waals surface area (Å²) >= 11 is 37.2. The van der Waals surface area contributed by atoms with Gasteiger partial charge in [0.25, 0.3) is 0 Å². The summed E-state index contributed by atoms with van der Waals surface area (Å²) in [4.78, 5) is 52.9. The molecule has 3 aromatic carbocycles. The molecule has 1 aliphatic rings. The van der Waals surface area contributed by atoms with Gasteiger partial charge < -0.3 is 14.8 Å². The fourth-order valence-electron chi connectivity index (χ4n) is 4.97. The van der Waals surface area contributed by atoms with Gasteiger partial charge in [-0.2, -0.15) is 4.90 Å². The van der Waals surface area contributed by atoms with E-state index in [9.17, 15) is 19.2 Å². The number of ketones is 1. The third-order valence-corrected chi connectivity index (χ3v) is 9.69. The number of ether oxygens (including phenoxy) is 2. The number of rotatable bonds is 7. The number of hydrogen-bond donors (Lipinski definition) is 1. The van der Waals surface area contributed by atoms with E-state index in [1.165, 1.54) is 53.7 Å². The lowest BCUT2D eigenvalue weighted by Crippen LogP contribution is -2.44. The molecule has 1 N–H and O–H groups in total. The normalized spacial score (nSPS) is 16.7. The number of benzene rings is 3. The van der Waals surface area contributed by atoms with E-state index in [-0.39, 0.29) is 25.7 Å². The molecule has 1 saturated carbocycles. The highest BCUT2D eigenvalue weighted by atomic mass is 35.5. The lowest BCUT2D eigenvalue weighted by Gasteiger charge is -2.29. The van der Waals surface area contributed by atoms with Crippen LogP contribution in [0.5, 0.6) is 0 Å². The van der Waals surface area contributed by atoms with E-state index in [0.29, 0.717) is 5.56 Å². The Morgan fingerprint density at radius 2 is 1.33 bits per heavy atom. The number of imide groups is 1. The molecular formula is C34H29Cl6F3N2O6. The minimum atomic E-state index is -1.61. The average molecular weight is 831 g/mol. The van der Waals surface area contributed by atoms with Crippen molar-refractivity contribution in [2.24, 2.45) is 5.92 Å². The van der Waals surface area contributed by atoms with Crippen LogP contribution in [0.3, 0.4) is 0 Å². The van der Waals surface area contributed by atoms with Gasteiger partial charge in [-0.25, -0.2) is 22.8 Å². The Kier molecular flexibility index (Phi) is 11.9. The first-order chi connectivity index (χ1) is 23.3. The molecule has 2 atom stereocenters. The first-order valence-electron chi connectivity index (χ1n) is 14.9. The Balaban J connectivity index is 1.64. The minimum Gasteiger partial charge on any atom is -0.443 e. The minimum absolute atomic E-state index is 0.0444. The van der Waals surface area contributed by atoms with Crippen molar-refractivity contribution in [1.82, 2.24) is 0 Å². The predicted molar refractivity (Wildman–Crippen MR) is 192 cm³/mol. The molecule has 1 fully saturated rings. The van der Waals surface area contributed by atoms with Crippen molar-refractivity contribution in [3.8, 4) is 0 Å². The summed E-state index contributed by atoms with van der Waals surface area (Å²) in [5, 5.41) is 2.08. The molecule has 51 heavy (non-hydrogen) atoms. The van der Waals surface area contributed by atoms with Crippen LogP contribution in [-0.4, -0.2) is 39.4 Å². The second-order valence-electron chi connectivity index (χ2n) is 13.5. The number of carbonyl (C=O) groups excluding carboxylic acids is 4. The van der Waals surface area contributed by atoms with Gasteiger partial charge in [0, 0.05) is 23.6 Å². The van der Waals surface area contributed by atoms with Crippen LogP contribution in [0.4, 0.5) is 34.1 Å². The van der Waals surface area contributed by atoms with E-state index in [1.54, 1.807) is 0 Å². The standard InChI is InChI=1S/C34H29Cl6F3N2O6/c1-32(2,3)50-30(48)45(31(49)51-33(4,5)6)28-20(41)8-7-14(27(28)43)11-22(46)17-12-16(13-21(42)25(17)37)44-29(47)24-23(34(24,39)40)15-9-18(35)26(38)19(36)10-15/h7-10,12-13,23-24H,11H2,1-6H3,(H,44,47)/t23-,24+/m0/s1. The monoisotopic (exact) mass is 828 g/mol. The second-order valence-corrected chi connectivity index (χ2v) is 16.5. The number of alkyl halides is 2. The Hall–Kier alpha value is -2.93. The maximum Gasteiger partial charge on any atom is 0.424 e. The SMILES string of the molecule is CC(C)(C)OC(=O)N(C(=O)OC(C)(C)C)c1c(F)ccc(CC(=O)c2cc(NC(=O)[C@H]3[C@H](c4cc(Cl)c(Cl)c(Cl)c4)C3(Cl)Cl)cc(F)c2Cl)c1F. The number of amides is 3. The van der Waals surface area contributed by atoms with Gasteiger partial charge in [0.15, 0.2) is 17.4 Å². The van der Waals surface area contributed by atoms with Gasteiger partial charge in [-0.15, -0.1) is 23.2 Å². The molecular weight excluding hydrogens is 802 g/mol. The van der Waals surface area contributed by atoms with Gasteiger partial charge in [-0.05, 0) is 83.0 Å². The third kappa shape index (κ3) is 9.18. The lowest BCUT2D eigenvalue weighted by molar-refractivity contribution is -0.117. The summed E-state index contributed by atoms with van der Waals surface area (Å²) in [6.07, 6.45) is -3.77. The van der Waals surface area contributed by atoms with E-state index in [2.05, 4.69) is 5.32 Å². The second kappa shape index (κ2) is 14.8. The van der Waals surface area contributed by atoms with Crippen LogP contribution < -0.4 is 10.2 Å². The zero-order chi connectivity index (χ0) is 38.5. The Morgan fingerprint density at radius 1 is 0.804 bits per heavy atom. The first-order valence-corrected chi connectivity index (χ1v) is 17.2. The number of carbonyl (C=O) groups is 4. The molecule has 3 amide bonds. The Labute approximate surface area is 321 Å². The highest BCUT2D eigenvalue weighted by molar-refractivity contribution is 6.54. The van der Waals surface area contributed by atoms with Crippen LogP contribution in [0, 0.1) is 23.4 Å². The molecule has 0 aliphatic heterocycles. The fourth-order valence-corrected chi connectivity index (χ4v) is 6.63. The molecule has 0 spiro atoms. The number of nitrogens with one attached hydrogen (secondary N) is 1. The molecule has 0 saturated heterocycles. The predicted octanol–water partition coefficient (Wildman–Crippen LogP) is 11.3. The number of halogens is 9. The van der Waals surface area contributed by atoms with Crippen molar-refractivity contribution in [3.05, 3.63) is 90.6 Å². The Bertz CT molecular complexity index is 1900. The zero-order valence-electron chi connectivity index (χ0n) is 27.6. The van der Waals surface area contributed by atoms with E-state index >= 15 is 13.2 Å². The number of nitrogens with zero attached hydrogens (tertiary/aromatic N) is 1. The van der Waals surface area contributed by atoms with Gasteiger partial charge >= 0.3 is 12.2 Å². The highest BCUT2D eigenvalue weighted by Crippen LogP contribution is 2.65. The maximum atomic E-state index is 16.0. The van der Waals surface area contributed by atoms with Gasteiger partial charge in [-0.3, -0.25) is 9.59 Å². The van der Waals surface area contributed by atoms with Crippen molar-refractivity contribution in [2.75, 3.05) is 10.2 Å². The van der Waals surface area contributed by atoms with E-state index < -0.39 is 97.0 Å². The van der Waals surface area contributed by atoms with Gasteiger partial charge in [0.05, 0.1) is 26.0 Å². The summed E-state index contributed by atoms with van der Waals surface area (Å²) in [6.45, 7) is 8.81. The molecule has 17 heteroatoms. The first kappa shape index (κ1) is 40.8. The summed E-state index contributed by atoms with van der Waals surface area (Å²) in [5.41, 5.74) is -4.36. The van der Waals surface area contributed by atoms with E-state index in [1.807, 2.05) is 0 Å². The topological polar surface area (TPSA) is 102 Å². The molecule has 3 aromatic rings. The summed E-state index contributed by atoms with van der Waals surface area (Å²) in [5.74, 6) is -7.56. The molecule has 8 nitrogen and oxygen atoms in total. The molecule has 0 radical (unpaired) electrons. The molecule has 274 valence electrons. The quantitative estimate of drug-likeness (QED) is 0.145. The highest BCUT2D eigenvalue weighted by Gasteiger charge is 2.67. The molecule has 0 aromatic heterocycles. The van der Waals surface area contributed by atoms with Crippen LogP contribution in [0.2, 0.25) is 20.1 Å². The van der Waals surface area contributed by atoms with Crippen LogP contribution in [0.25, 0.3) is 0 Å². The lowest BCUT2D eigenvalue weighted by atomic mass is 10.0. The van der Waals surface area contributed by atoms with E-state index in [4.69, 9.17) is 79.1 Å². The number of anilines is 2. The average Bonchev–Trinajstić information content (AvgIpc) is 3.56. The van der Waals surface area contributed by atoms with Gasteiger partial charge in [0.1, 0.15) is 27.0 Å². The fraction of sp³-hybridized carbons (Fsp3) is 0.353. The summed E-state index contributed by atoms with van der Waals surface area (Å²) in [7, 11) is 0. The van der Waals surface area contributed by atoms with Crippen LogP contribution in [-0.2, 0) is 20.7 Å². The van der Waals surface area contributed by atoms with Crippen LogP contribution >= 0.6 is 69.6 Å². The molecule has 1 aliphatic carbocycles. The van der Waals surface area contributed by atoms with Crippen molar-refractivity contribution in [3.63, 3.8) is 0 Å². The van der Waals surface area contributed by atoms with Crippen LogP contribution in [0.1, 0.15) is 68.9 Å². The zero-order valence-corrected chi connectivity index (χ0v) is 32.2. The van der Waals surface area contributed by atoms with Gasteiger partial charge in [0.2, 0.25) is 5.91 Å². The summed E-state index contributed by atoms with van der Waals surface area (Å²) in [6, 6.07) is 6.40. The van der Waals surface area contributed by atoms with E-state index in [0.717, 1.165) is 24.3 Å². The van der Waals surface area contributed by atoms with Crippen molar-refractivity contribution < 1.29 is 41.8 Å². The van der Waals surface area contributed by atoms with Gasteiger partial charge in [-0.1, -0.05) is 52.5 Å². The number of Topliss-reactive ketones (excluding diaryl/α,β-unsaturated/α-hetero) is 1. The largest absolute Gasteiger partial charge is 0.443 e. The molecule has 0 heterocycles. The Morgan fingerprint density at radius 3 is 1.84 bits per heavy atom. The van der Waals surface area contributed by atoms with Crippen molar-refractivity contribution in [2.45, 2.75) is 69.4 Å². The third-order valence-electron chi connectivity index (χ3n) is 7.17.